The van der Waals surface area contributed by atoms with Gasteiger partial charge in [-0.2, -0.15) is 0 Å². The van der Waals surface area contributed by atoms with E-state index in [9.17, 15) is 4.79 Å². The number of fused-ring (bicyclic) bond motifs is 3. The molecule has 2 bridgehead atoms. The number of benzene rings is 1. The first-order valence-electron chi connectivity index (χ1n) is 9.67. The Bertz CT molecular complexity index is 1080. The highest BCUT2D eigenvalue weighted by atomic mass is 79.9. The van der Waals surface area contributed by atoms with Gasteiger partial charge in [0.15, 0.2) is 0 Å². The third-order valence-corrected chi connectivity index (χ3v) is 7.75. The van der Waals surface area contributed by atoms with Crippen molar-refractivity contribution in [1.82, 2.24) is 14.5 Å². The minimum atomic E-state index is -0.0289. The maximum absolute atomic E-state index is 13.0. The van der Waals surface area contributed by atoms with Crippen LogP contribution in [0.3, 0.4) is 0 Å². The summed E-state index contributed by atoms with van der Waals surface area (Å²) in [5.74, 6) is 1.56. The van der Waals surface area contributed by atoms with E-state index in [0.717, 1.165) is 33.6 Å². The summed E-state index contributed by atoms with van der Waals surface area (Å²) in [7, 11) is 2.24. The Labute approximate surface area is 176 Å². The number of thiophene rings is 1. The van der Waals surface area contributed by atoms with E-state index in [4.69, 9.17) is 4.74 Å². The number of nitrogens with zero attached hydrogens (tertiary/aromatic N) is 3. The van der Waals surface area contributed by atoms with Gasteiger partial charge in [-0.05, 0) is 85.9 Å². The summed E-state index contributed by atoms with van der Waals surface area (Å²) >= 11 is 4.87. The summed E-state index contributed by atoms with van der Waals surface area (Å²) in [4.78, 5) is 20.1. The van der Waals surface area contributed by atoms with E-state index in [1.807, 2.05) is 37.3 Å². The Morgan fingerprint density at radius 1 is 1.18 bits per heavy atom. The highest BCUT2D eigenvalue weighted by Crippen LogP contribution is 2.36. The number of piperidine rings is 1. The van der Waals surface area contributed by atoms with E-state index in [-0.39, 0.29) is 11.7 Å². The Balaban J connectivity index is 1.40. The molecule has 2 fully saturated rings. The molecule has 2 saturated heterocycles. The van der Waals surface area contributed by atoms with Gasteiger partial charge in [0.25, 0.3) is 5.56 Å². The fourth-order valence-corrected chi connectivity index (χ4v) is 6.15. The van der Waals surface area contributed by atoms with E-state index >= 15 is 0 Å². The number of rotatable bonds is 3. The summed E-state index contributed by atoms with van der Waals surface area (Å²) in [6.45, 7) is 1.87. The molecular formula is C21H22BrN3O2S. The lowest BCUT2D eigenvalue weighted by molar-refractivity contribution is 0.0662. The standard InChI is InChI=1S/C21H22BrN3O2S/c1-12-23-18-11-19(22)28-20(18)21(26)25(12)13-5-7-16(8-6-13)27-17-9-14-3-4-15(10-17)24(14)2/h5-8,11,14-15,17H,3-4,9-10H2,1-2H3/t14-,15+,17-. The molecule has 2 aliphatic rings. The molecule has 0 spiro atoms. The summed E-state index contributed by atoms with van der Waals surface area (Å²) in [5, 5.41) is 0. The molecule has 5 nitrogen and oxygen atoms in total. The van der Waals surface area contributed by atoms with Crippen molar-refractivity contribution in [3.05, 3.63) is 50.3 Å². The summed E-state index contributed by atoms with van der Waals surface area (Å²) < 4.78 is 9.53. The molecule has 0 aliphatic carbocycles. The zero-order valence-electron chi connectivity index (χ0n) is 15.9. The first-order valence-corrected chi connectivity index (χ1v) is 11.3. The van der Waals surface area contributed by atoms with Crippen molar-refractivity contribution in [2.75, 3.05) is 7.05 Å². The van der Waals surface area contributed by atoms with E-state index in [1.165, 1.54) is 24.2 Å². The minimum Gasteiger partial charge on any atom is -0.490 e. The lowest BCUT2D eigenvalue weighted by Gasteiger charge is -2.36. The average Bonchev–Trinajstić information content (AvgIpc) is 3.11. The molecule has 0 saturated carbocycles. The van der Waals surface area contributed by atoms with Crippen molar-refractivity contribution in [2.24, 2.45) is 0 Å². The number of aromatic nitrogens is 2. The first kappa shape index (κ1) is 18.3. The zero-order valence-corrected chi connectivity index (χ0v) is 18.3. The number of halogens is 1. The average molecular weight is 460 g/mol. The molecule has 1 aromatic carbocycles. The number of aryl methyl sites for hydroxylation is 1. The minimum absolute atomic E-state index is 0.0289. The van der Waals surface area contributed by atoms with E-state index in [1.54, 1.807) is 4.57 Å². The van der Waals surface area contributed by atoms with Crippen molar-refractivity contribution in [1.29, 1.82) is 0 Å². The fraction of sp³-hybridized carbons (Fsp3) is 0.429. The molecule has 0 radical (unpaired) electrons. The van der Waals surface area contributed by atoms with Gasteiger partial charge in [0.05, 0.1) is 15.0 Å². The monoisotopic (exact) mass is 459 g/mol. The van der Waals surface area contributed by atoms with E-state index in [0.29, 0.717) is 22.6 Å². The van der Waals surface area contributed by atoms with Gasteiger partial charge in [0.1, 0.15) is 22.4 Å². The SMILES string of the molecule is Cc1nc2cc(Br)sc2c(=O)n1-c1ccc(O[C@@H]2C[C@H]3CC[C@@H](C2)N3C)cc1. The Kier molecular flexibility index (Phi) is 4.56. The van der Waals surface area contributed by atoms with Crippen LogP contribution in [-0.2, 0) is 0 Å². The van der Waals surface area contributed by atoms with Crippen LogP contribution in [0.25, 0.3) is 15.9 Å². The van der Waals surface area contributed by atoms with Gasteiger partial charge < -0.3 is 9.64 Å². The smallest absolute Gasteiger partial charge is 0.276 e. The van der Waals surface area contributed by atoms with Gasteiger partial charge in [-0.3, -0.25) is 9.36 Å². The number of hydrogen-bond donors (Lipinski definition) is 0. The summed E-state index contributed by atoms with van der Waals surface area (Å²) in [6.07, 6.45) is 5.06. The lowest BCUT2D eigenvalue weighted by atomic mass is 10.0. The molecule has 2 aromatic heterocycles. The molecule has 0 N–H and O–H groups in total. The van der Waals surface area contributed by atoms with Crippen LogP contribution in [0.15, 0.2) is 38.9 Å². The van der Waals surface area contributed by atoms with Gasteiger partial charge in [-0.1, -0.05) is 0 Å². The molecule has 3 aromatic rings. The van der Waals surface area contributed by atoms with Crippen molar-refractivity contribution in [3.63, 3.8) is 0 Å². The second-order valence-corrected chi connectivity index (χ2v) is 10.3. The number of ether oxygens (including phenoxy) is 1. The van der Waals surface area contributed by atoms with Crippen molar-refractivity contribution >= 4 is 37.5 Å². The molecule has 0 unspecified atom stereocenters. The molecule has 0 amide bonds. The maximum Gasteiger partial charge on any atom is 0.276 e. The van der Waals surface area contributed by atoms with Crippen LogP contribution in [0.1, 0.15) is 31.5 Å². The van der Waals surface area contributed by atoms with Gasteiger partial charge in [-0.25, -0.2) is 4.98 Å². The second-order valence-electron chi connectivity index (χ2n) is 7.82. The Morgan fingerprint density at radius 2 is 1.86 bits per heavy atom. The van der Waals surface area contributed by atoms with Crippen LogP contribution >= 0.6 is 27.3 Å². The topological polar surface area (TPSA) is 47.4 Å². The molecule has 3 atom stereocenters. The highest BCUT2D eigenvalue weighted by Gasteiger charge is 2.39. The van der Waals surface area contributed by atoms with Crippen LogP contribution in [0.2, 0.25) is 0 Å². The van der Waals surface area contributed by atoms with Crippen LogP contribution in [0.4, 0.5) is 0 Å². The van der Waals surface area contributed by atoms with Crippen molar-refractivity contribution in [3.8, 4) is 11.4 Å². The predicted octanol–water partition coefficient (Wildman–Crippen LogP) is 4.52. The van der Waals surface area contributed by atoms with Crippen LogP contribution < -0.4 is 10.3 Å². The summed E-state index contributed by atoms with van der Waals surface area (Å²) in [5.41, 5.74) is 1.53. The molecular weight excluding hydrogens is 438 g/mol. The van der Waals surface area contributed by atoms with E-state index < -0.39 is 0 Å². The highest BCUT2D eigenvalue weighted by molar-refractivity contribution is 9.11. The predicted molar refractivity (Wildman–Crippen MR) is 116 cm³/mol. The van der Waals surface area contributed by atoms with Gasteiger partial charge in [0.2, 0.25) is 0 Å². The van der Waals surface area contributed by atoms with Crippen LogP contribution in [-0.4, -0.2) is 39.7 Å². The quantitative estimate of drug-likeness (QED) is 0.577. The molecule has 4 heterocycles. The lowest BCUT2D eigenvalue weighted by Crippen LogP contribution is -2.43. The third-order valence-electron chi connectivity index (χ3n) is 6.14. The normalized spacial score (nSPS) is 24.8. The number of hydrogen-bond acceptors (Lipinski definition) is 5. The maximum atomic E-state index is 13.0. The Hall–Kier alpha value is -1.70. The zero-order chi connectivity index (χ0) is 19.4. The van der Waals surface area contributed by atoms with Crippen molar-refractivity contribution in [2.45, 2.75) is 50.8 Å². The van der Waals surface area contributed by atoms with Gasteiger partial charge in [-0.15, -0.1) is 11.3 Å². The van der Waals surface area contributed by atoms with Crippen LogP contribution in [0.5, 0.6) is 5.75 Å². The molecule has 28 heavy (non-hydrogen) atoms. The van der Waals surface area contributed by atoms with Crippen molar-refractivity contribution < 1.29 is 4.74 Å². The van der Waals surface area contributed by atoms with E-state index in [2.05, 4.69) is 32.9 Å². The van der Waals surface area contributed by atoms with Gasteiger partial charge >= 0.3 is 0 Å². The Morgan fingerprint density at radius 3 is 2.54 bits per heavy atom. The largest absolute Gasteiger partial charge is 0.490 e. The third kappa shape index (κ3) is 3.09. The molecule has 7 heteroatoms. The van der Waals surface area contributed by atoms with Crippen LogP contribution in [0, 0.1) is 6.92 Å². The molecule has 2 aliphatic heterocycles. The molecule has 146 valence electrons. The second kappa shape index (κ2) is 6.97. The summed E-state index contributed by atoms with van der Waals surface area (Å²) in [6, 6.07) is 11.0. The fourth-order valence-electron chi connectivity index (χ4n) is 4.69. The molecule has 5 rings (SSSR count). The van der Waals surface area contributed by atoms with Gasteiger partial charge in [0, 0.05) is 12.1 Å². The first-order chi connectivity index (χ1) is 13.5.